The number of methoxy groups -OCH3 is 2. The number of hydrogen-bond donors (Lipinski definition) is 4. The van der Waals surface area contributed by atoms with Crippen molar-refractivity contribution in [3.05, 3.63) is 35.9 Å². The number of nitrogens with one attached hydrogen (secondary N) is 3. The molecule has 13 heteroatoms. The van der Waals surface area contributed by atoms with Gasteiger partial charge in [-0.1, -0.05) is 85.2 Å². The molecule has 294 valence electrons. The van der Waals surface area contributed by atoms with E-state index in [0.717, 1.165) is 5.56 Å². The predicted octanol–water partition coefficient (Wildman–Crippen LogP) is 3.10. The van der Waals surface area contributed by atoms with Crippen molar-refractivity contribution in [1.82, 2.24) is 25.8 Å². The van der Waals surface area contributed by atoms with Gasteiger partial charge in [0.15, 0.2) is 0 Å². The quantitative estimate of drug-likeness (QED) is 0.149. The molecular formula is C39H65N5O8. The minimum atomic E-state index is -1.14. The Balaban J connectivity index is 2.22. The van der Waals surface area contributed by atoms with Gasteiger partial charge in [-0.15, -0.1) is 0 Å². The highest BCUT2D eigenvalue weighted by atomic mass is 16.5. The molecule has 1 saturated heterocycles. The Hall–Kier alpha value is -3.55. The van der Waals surface area contributed by atoms with E-state index >= 15 is 0 Å². The number of carbonyl (C=O) groups excluding carboxylic acids is 4. The van der Waals surface area contributed by atoms with E-state index in [2.05, 4.69) is 16.0 Å². The molecule has 1 aromatic rings. The van der Waals surface area contributed by atoms with Crippen LogP contribution in [0, 0.1) is 23.7 Å². The first-order chi connectivity index (χ1) is 24.5. The maximum absolute atomic E-state index is 14.0. The molecule has 1 aromatic carbocycles. The summed E-state index contributed by atoms with van der Waals surface area (Å²) in [5.41, 5.74) is 0.784. The van der Waals surface area contributed by atoms with Crippen molar-refractivity contribution in [2.45, 2.75) is 123 Å². The van der Waals surface area contributed by atoms with E-state index < -0.39 is 60.2 Å². The summed E-state index contributed by atoms with van der Waals surface area (Å²) in [5, 5.41) is 18.6. The van der Waals surface area contributed by atoms with Gasteiger partial charge in [-0.3, -0.25) is 24.1 Å². The van der Waals surface area contributed by atoms with Crippen molar-refractivity contribution < 1.29 is 38.6 Å². The van der Waals surface area contributed by atoms with Crippen LogP contribution in [0.1, 0.15) is 79.7 Å². The third-order valence-electron chi connectivity index (χ3n) is 10.4. The highest BCUT2D eigenvalue weighted by Gasteiger charge is 2.42. The zero-order valence-corrected chi connectivity index (χ0v) is 33.2. The van der Waals surface area contributed by atoms with E-state index in [1.165, 1.54) is 14.2 Å². The molecule has 4 amide bonds. The SMILES string of the molecule is CC[C@H](C)[C@H](NC(=O)[C@@H](NC(=O)[C@H](C(C)C)N(C)C)C(C)C)[C@@H](CC(=O)N1CCC[C@H]1[C@H](OC)[C@@H](C)C(=O)N[C@@H](Cc1ccccc1)C(=O)O)OC. The molecular weight excluding hydrogens is 666 g/mol. The number of ether oxygens (including phenoxy) is 2. The van der Waals surface area contributed by atoms with Gasteiger partial charge in [0.05, 0.1) is 42.7 Å². The van der Waals surface area contributed by atoms with E-state index in [9.17, 15) is 29.1 Å². The molecule has 9 atom stereocenters. The van der Waals surface area contributed by atoms with Crippen LogP contribution in [0.15, 0.2) is 30.3 Å². The smallest absolute Gasteiger partial charge is 0.326 e. The van der Waals surface area contributed by atoms with Crippen LogP contribution in [0.3, 0.4) is 0 Å². The Morgan fingerprint density at radius 2 is 1.52 bits per heavy atom. The van der Waals surface area contributed by atoms with E-state index in [1.54, 1.807) is 11.8 Å². The lowest BCUT2D eigenvalue weighted by Gasteiger charge is -2.37. The number of amides is 4. The van der Waals surface area contributed by atoms with Crippen molar-refractivity contribution >= 4 is 29.6 Å². The van der Waals surface area contributed by atoms with Gasteiger partial charge in [0, 0.05) is 27.2 Å². The lowest BCUT2D eigenvalue weighted by molar-refractivity contribution is -0.145. The van der Waals surface area contributed by atoms with Crippen LogP contribution in [0.2, 0.25) is 0 Å². The molecule has 1 aliphatic heterocycles. The van der Waals surface area contributed by atoms with Gasteiger partial charge in [0.2, 0.25) is 23.6 Å². The van der Waals surface area contributed by atoms with Gasteiger partial charge < -0.3 is 35.4 Å². The Bertz CT molecular complexity index is 1300. The second-order valence-electron chi connectivity index (χ2n) is 15.2. The Morgan fingerprint density at radius 3 is 2.02 bits per heavy atom. The van der Waals surface area contributed by atoms with Crippen LogP contribution >= 0.6 is 0 Å². The highest BCUT2D eigenvalue weighted by Crippen LogP contribution is 2.28. The minimum Gasteiger partial charge on any atom is -0.480 e. The maximum Gasteiger partial charge on any atom is 0.326 e. The van der Waals surface area contributed by atoms with Crippen molar-refractivity contribution in [3.63, 3.8) is 0 Å². The third kappa shape index (κ3) is 12.3. The Labute approximate surface area is 310 Å². The van der Waals surface area contributed by atoms with Gasteiger partial charge in [-0.2, -0.15) is 0 Å². The number of nitrogens with zero attached hydrogens (tertiary/aromatic N) is 2. The summed E-state index contributed by atoms with van der Waals surface area (Å²) < 4.78 is 11.7. The summed E-state index contributed by atoms with van der Waals surface area (Å²) in [6, 6.07) is 5.82. The van der Waals surface area contributed by atoms with Crippen molar-refractivity contribution in [2.24, 2.45) is 23.7 Å². The molecule has 0 radical (unpaired) electrons. The molecule has 4 N–H and O–H groups in total. The molecule has 0 aromatic heterocycles. The summed E-state index contributed by atoms with van der Waals surface area (Å²) in [7, 11) is 6.69. The highest BCUT2D eigenvalue weighted by molar-refractivity contribution is 5.90. The molecule has 2 rings (SSSR count). The zero-order chi connectivity index (χ0) is 39.3. The molecule has 0 bridgehead atoms. The van der Waals surface area contributed by atoms with E-state index in [4.69, 9.17) is 9.47 Å². The third-order valence-corrected chi connectivity index (χ3v) is 10.4. The molecule has 0 aliphatic carbocycles. The van der Waals surface area contributed by atoms with Gasteiger partial charge in [0.1, 0.15) is 12.1 Å². The number of carboxylic acid groups (broad SMARTS) is 1. The second kappa shape index (κ2) is 21.2. The fourth-order valence-electron chi connectivity index (χ4n) is 7.30. The van der Waals surface area contributed by atoms with Crippen LogP contribution in [-0.2, 0) is 39.9 Å². The van der Waals surface area contributed by atoms with Crippen molar-refractivity contribution in [3.8, 4) is 0 Å². The predicted molar refractivity (Wildman–Crippen MR) is 200 cm³/mol. The molecule has 1 aliphatic rings. The number of rotatable bonds is 21. The Kier molecular flexibility index (Phi) is 18.2. The van der Waals surface area contributed by atoms with E-state index in [1.807, 2.05) is 90.9 Å². The number of likely N-dealkylation sites (tertiary alicyclic amines) is 1. The summed E-state index contributed by atoms with van der Waals surface area (Å²) in [6.07, 6.45) is 0.780. The summed E-state index contributed by atoms with van der Waals surface area (Å²) in [5.74, 6) is -3.34. The van der Waals surface area contributed by atoms with Crippen molar-refractivity contribution in [1.29, 1.82) is 0 Å². The average Bonchev–Trinajstić information content (AvgIpc) is 3.57. The van der Waals surface area contributed by atoms with Gasteiger partial charge in [0.25, 0.3) is 0 Å². The van der Waals surface area contributed by atoms with Crippen LogP contribution in [0.4, 0.5) is 0 Å². The zero-order valence-electron chi connectivity index (χ0n) is 33.2. The fraction of sp³-hybridized carbons (Fsp3) is 0.718. The average molecular weight is 732 g/mol. The lowest BCUT2D eigenvalue weighted by Crippen LogP contribution is -2.59. The first kappa shape index (κ1) is 44.6. The molecule has 52 heavy (non-hydrogen) atoms. The normalized spacial score (nSPS) is 19.3. The number of carboxylic acids is 1. The molecule has 1 heterocycles. The first-order valence-corrected chi connectivity index (χ1v) is 18.7. The maximum atomic E-state index is 14.0. The number of likely N-dealkylation sites (N-methyl/N-ethyl adjacent to an activating group) is 1. The monoisotopic (exact) mass is 731 g/mol. The lowest BCUT2D eigenvalue weighted by atomic mass is 9.90. The topological polar surface area (TPSA) is 167 Å². The molecule has 0 spiro atoms. The number of hydrogen-bond acceptors (Lipinski definition) is 8. The van der Waals surface area contributed by atoms with Gasteiger partial charge >= 0.3 is 5.97 Å². The van der Waals surface area contributed by atoms with Crippen LogP contribution in [0.25, 0.3) is 0 Å². The molecule has 0 saturated carbocycles. The largest absolute Gasteiger partial charge is 0.480 e. The summed E-state index contributed by atoms with van der Waals surface area (Å²) >= 11 is 0. The summed E-state index contributed by atoms with van der Waals surface area (Å²) in [6.45, 7) is 13.8. The van der Waals surface area contributed by atoms with E-state index in [0.29, 0.717) is 25.8 Å². The van der Waals surface area contributed by atoms with Gasteiger partial charge in [-0.25, -0.2) is 4.79 Å². The van der Waals surface area contributed by atoms with Gasteiger partial charge in [-0.05, 0) is 50.3 Å². The number of aliphatic carboxylic acids is 1. The second-order valence-corrected chi connectivity index (χ2v) is 15.2. The van der Waals surface area contributed by atoms with Crippen LogP contribution in [0.5, 0.6) is 0 Å². The van der Waals surface area contributed by atoms with Crippen molar-refractivity contribution in [2.75, 3.05) is 34.9 Å². The van der Waals surface area contributed by atoms with E-state index in [-0.39, 0.29) is 48.3 Å². The number of benzene rings is 1. The molecule has 13 nitrogen and oxygen atoms in total. The fourth-order valence-corrected chi connectivity index (χ4v) is 7.30. The summed E-state index contributed by atoms with van der Waals surface area (Å²) in [4.78, 5) is 70.2. The standard InChI is InChI=1S/C39H65N5O8/c1-12-25(6)33(42-37(47)32(23(2)3)41-38(48)34(24(4)5)43(8)9)30(51-10)22-31(45)44-20-16-19-29(44)35(52-11)26(7)36(46)40-28(39(49)50)21-27-17-14-13-15-18-27/h13-15,17-18,23-26,28-30,32-35H,12,16,19-22H2,1-11H3,(H,40,46)(H,41,48)(H,42,47)(H,49,50)/t25-,26+,28-,29-,30+,32-,33-,34-,35+/m0/s1. The molecule has 1 fully saturated rings. The van der Waals surface area contributed by atoms with Crippen LogP contribution < -0.4 is 16.0 Å². The van der Waals surface area contributed by atoms with Crippen LogP contribution in [-0.4, -0.2) is 122 Å². The minimum absolute atomic E-state index is 0.0216. The molecule has 0 unspecified atom stereocenters. The Morgan fingerprint density at radius 1 is 0.885 bits per heavy atom. The first-order valence-electron chi connectivity index (χ1n) is 18.7. The number of carbonyl (C=O) groups is 5.